The molecule has 1 heterocycles. The molecule has 0 unspecified atom stereocenters. The van der Waals surface area contributed by atoms with Crippen LogP contribution in [0.15, 0.2) is 46.5 Å². The molecule has 1 aromatic carbocycles. The van der Waals surface area contributed by atoms with Gasteiger partial charge in [0.1, 0.15) is 5.03 Å². The molecule has 0 aliphatic heterocycles. The van der Waals surface area contributed by atoms with E-state index in [-0.39, 0.29) is 0 Å². The lowest BCUT2D eigenvalue weighted by Crippen LogP contribution is -2.08. The fraction of sp³-hybridized carbons (Fsp3) is 0.200. The van der Waals surface area contributed by atoms with E-state index in [1.54, 1.807) is 13.0 Å². The number of hydrogen-bond acceptors (Lipinski definition) is 5. The Hall–Kier alpha value is -2.01. The van der Waals surface area contributed by atoms with Crippen LogP contribution in [0.5, 0.6) is 0 Å². The van der Waals surface area contributed by atoms with E-state index in [1.807, 2.05) is 31.2 Å². The number of nitrogens with zero attached hydrogens (tertiary/aromatic N) is 1. The molecule has 0 bridgehead atoms. The number of benzene rings is 1. The summed E-state index contributed by atoms with van der Waals surface area (Å²) < 4.78 is 4.97. The number of pyridine rings is 1. The van der Waals surface area contributed by atoms with Crippen LogP contribution in [0.4, 0.5) is 5.69 Å². The molecule has 104 valence electrons. The van der Waals surface area contributed by atoms with Gasteiger partial charge in [0.05, 0.1) is 24.1 Å². The van der Waals surface area contributed by atoms with E-state index in [0.29, 0.717) is 22.9 Å². The predicted octanol–water partition coefficient (Wildman–Crippen LogP) is 3.30. The van der Waals surface area contributed by atoms with Crippen molar-refractivity contribution in [3.05, 3.63) is 47.7 Å². The highest BCUT2D eigenvalue weighted by molar-refractivity contribution is 7.99. The summed E-state index contributed by atoms with van der Waals surface area (Å²) in [6, 6.07) is 9.76. The van der Waals surface area contributed by atoms with Crippen LogP contribution in [0.25, 0.3) is 0 Å². The van der Waals surface area contributed by atoms with Crippen LogP contribution in [-0.2, 0) is 4.74 Å². The minimum Gasteiger partial charge on any atom is -0.462 e. The minimum atomic E-state index is -0.418. The van der Waals surface area contributed by atoms with Crippen LogP contribution in [0.2, 0.25) is 0 Å². The van der Waals surface area contributed by atoms with Gasteiger partial charge in [0.2, 0.25) is 0 Å². The predicted molar refractivity (Wildman–Crippen MR) is 79.9 cm³/mol. The topological polar surface area (TPSA) is 65.2 Å². The summed E-state index contributed by atoms with van der Waals surface area (Å²) in [5, 5.41) is 0.714. The molecule has 0 fully saturated rings. The second-order valence-electron chi connectivity index (χ2n) is 4.25. The summed E-state index contributed by atoms with van der Waals surface area (Å²) in [6.07, 6.45) is 1.49. The van der Waals surface area contributed by atoms with Crippen LogP contribution in [0.3, 0.4) is 0 Å². The molecule has 2 N–H and O–H groups in total. The first-order chi connectivity index (χ1) is 9.60. The van der Waals surface area contributed by atoms with Crippen molar-refractivity contribution < 1.29 is 9.53 Å². The molecule has 0 radical (unpaired) electrons. The number of anilines is 1. The number of aromatic nitrogens is 1. The Kier molecular flexibility index (Phi) is 4.63. The van der Waals surface area contributed by atoms with Crippen LogP contribution >= 0.6 is 11.8 Å². The van der Waals surface area contributed by atoms with Crippen molar-refractivity contribution in [2.75, 3.05) is 12.3 Å². The first kappa shape index (κ1) is 14.4. The van der Waals surface area contributed by atoms with Gasteiger partial charge in [-0.05, 0) is 32.0 Å². The van der Waals surface area contributed by atoms with Crippen molar-refractivity contribution >= 4 is 23.4 Å². The Labute approximate surface area is 122 Å². The van der Waals surface area contributed by atoms with Gasteiger partial charge in [-0.25, -0.2) is 9.78 Å². The summed E-state index contributed by atoms with van der Waals surface area (Å²) in [6.45, 7) is 4.12. The van der Waals surface area contributed by atoms with Crippen molar-refractivity contribution in [3.63, 3.8) is 0 Å². The lowest BCUT2D eigenvalue weighted by molar-refractivity contribution is 0.0527. The van der Waals surface area contributed by atoms with E-state index < -0.39 is 5.97 Å². The number of aryl methyl sites for hydroxylation is 1. The van der Waals surface area contributed by atoms with Gasteiger partial charge in [0.25, 0.3) is 0 Å². The number of rotatable bonds is 4. The third kappa shape index (κ3) is 3.51. The van der Waals surface area contributed by atoms with E-state index in [2.05, 4.69) is 4.98 Å². The zero-order valence-electron chi connectivity index (χ0n) is 11.4. The molecule has 0 saturated carbocycles. The number of carbonyl (C=O) groups is 1. The normalized spacial score (nSPS) is 10.3. The van der Waals surface area contributed by atoms with Gasteiger partial charge in [0, 0.05) is 4.90 Å². The fourth-order valence-corrected chi connectivity index (χ4v) is 2.41. The van der Waals surface area contributed by atoms with Crippen molar-refractivity contribution in [3.8, 4) is 0 Å². The molecular weight excluding hydrogens is 272 g/mol. The second-order valence-corrected chi connectivity index (χ2v) is 5.34. The number of nitrogen functional groups attached to an aromatic ring is 1. The first-order valence-electron chi connectivity index (χ1n) is 6.27. The van der Waals surface area contributed by atoms with Crippen LogP contribution < -0.4 is 5.73 Å². The van der Waals surface area contributed by atoms with Gasteiger partial charge >= 0.3 is 5.97 Å². The Morgan fingerprint density at radius 2 is 2.05 bits per heavy atom. The van der Waals surface area contributed by atoms with E-state index in [9.17, 15) is 4.79 Å². The largest absolute Gasteiger partial charge is 0.462 e. The summed E-state index contributed by atoms with van der Waals surface area (Å²) in [7, 11) is 0. The van der Waals surface area contributed by atoms with Crippen LogP contribution in [0, 0.1) is 6.92 Å². The van der Waals surface area contributed by atoms with Gasteiger partial charge < -0.3 is 10.5 Å². The lowest BCUT2D eigenvalue weighted by Gasteiger charge is -2.07. The Bertz CT molecular complexity index is 612. The average Bonchev–Trinajstić information content (AvgIpc) is 2.43. The number of nitrogens with two attached hydrogens (primary N) is 1. The van der Waals surface area contributed by atoms with Crippen molar-refractivity contribution in [1.29, 1.82) is 0 Å². The standard InChI is InChI=1S/C15H16N2O2S/c1-3-19-15(18)12-8-14(17-9-13(12)16)20-11-6-4-10(2)5-7-11/h4-9H,3,16H2,1-2H3. The number of carbonyl (C=O) groups excluding carboxylic acids is 1. The molecule has 2 aromatic rings. The molecule has 20 heavy (non-hydrogen) atoms. The van der Waals surface area contributed by atoms with Gasteiger partial charge in [-0.2, -0.15) is 0 Å². The van der Waals surface area contributed by atoms with Crippen LogP contribution in [0.1, 0.15) is 22.8 Å². The molecule has 1 aromatic heterocycles. The Balaban J connectivity index is 2.22. The smallest absolute Gasteiger partial charge is 0.340 e. The Morgan fingerprint density at radius 1 is 1.35 bits per heavy atom. The SMILES string of the molecule is CCOC(=O)c1cc(Sc2ccc(C)cc2)ncc1N. The summed E-state index contributed by atoms with van der Waals surface area (Å²) in [4.78, 5) is 17.1. The third-order valence-corrected chi connectivity index (χ3v) is 3.59. The quantitative estimate of drug-likeness (QED) is 0.874. The third-order valence-electron chi connectivity index (χ3n) is 2.65. The van der Waals surface area contributed by atoms with Crippen LogP contribution in [-0.4, -0.2) is 17.6 Å². The molecule has 5 heteroatoms. The highest BCUT2D eigenvalue weighted by Crippen LogP contribution is 2.28. The maximum Gasteiger partial charge on any atom is 0.340 e. The average molecular weight is 288 g/mol. The van der Waals surface area contributed by atoms with Gasteiger partial charge in [-0.3, -0.25) is 0 Å². The molecule has 0 amide bonds. The second kappa shape index (κ2) is 6.43. The molecule has 0 aliphatic carbocycles. The highest BCUT2D eigenvalue weighted by atomic mass is 32.2. The number of hydrogen-bond donors (Lipinski definition) is 1. The van der Waals surface area contributed by atoms with Gasteiger partial charge in [-0.15, -0.1) is 0 Å². The molecule has 0 atom stereocenters. The summed E-state index contributed by atoms with van der Waals surface area (Å²) in [5.74, 6) is -0.418. The fourth-order valence-electron chi connectivity index (χ4n) is 1.62. The van der Waals surface area contributed by atoms with Crippen molar-refractivity contribution in [1.82, 2.24) is 4.98 Å². The summed E-state index contributed by atoms with van der Waals surface area (Å²) >= 11 is 1.48. The molecule has 0 spiro atoms. The number of ether oxygens (including phenoxy) is 1. The zero-order valence-corrected chi connectivity index (χ0v) is 12.2. The van der Waals surface area contributed by atoms with Crippen molar-refractivity contribution in [2.24, 2.45) is 0 Å². The molecule has 2 rings (SSSR count). The summed E-state index contributed by atoms with van der Waals surface area (Å²) in [5.41, 5.74) is 7.65. The lowest BCUT2D eigenvalue weighted by atomic mass is 10.2. The first-order valence-corrected chi connectivity index (χ1v) is 7.09. The molecule has 0 saturated heterocycles. The molecule has 4 nitrogen and oxygen atoms in total. The monoisotopic (exact) mass is 288 g/mol. The zero-order chi connectivity index (χ0) is 14.5. The van der Waals surface area contributed by atoms with E-state index in [0.717, 1.165) is 4.90 Å². The van der Waals surface area contributed by atoms with Crippen molar-refractivity contribution in [2.45, 2.75) is 23.8 Å². The maximum absolute atomic E-state index is 11.8. The van der Waals surface area contributed by atoms with E-state index in [1.165, 1.54) is 23.5 Å². The van der Waals surface area contributed by atoms with E-state index in [4.69, 9.17) is 10.5 Å². The molecule has 0 aliphatic rings. The molecular formula is C15H16N2O2S. The Morgan fingerprint density at radius 3 is 2.70 bits per heavy atom. The minimum absolute atomic E-state index is 0.320. The number of esters is 1. The maximum atomic E-state index is 11.8. The van der Waals surface area contributed by atoms with E-state index >= 15 is 0 Å². The van der Waals surface area contributed by atoms with Gasteiger partial charge in [-0.1, -0.05) is 29.5 Å². The van der Waals surface area contributed by atoms with Gasteiger partial charge in [0.15, 0.2) is 0 Å². The highest BCUT2D eigenvalue weighted by Gasteiger charge is 2.13.